The van der Waals surface area contributed by atoms with E-state index in [1.165, 1.54) is 55.9 Å². The zero-order valence-corrected chi connectivity index (χ0v) is 17.6. The summed E-state index contributed by atoms with van der Waals surface area (Å²) in [5.74, 6) is 3.48. The Morgan fingerprint density at radius 3 is 2.61 bits per heavy atom. The van der Waals surface area contributed by atoms with Gasteiger partial charge in [0.15, 0.2) is 0 Å². The van der Waals surface area contributed by atoms with Crippen LogP contribution in [-0.4, -0.2) is 0 Å². The van der Waals surface area contributed by atoms with Crippen molar-refractivity contribution in [2.75, 3.05) is 0 Å². The topological polar surface area (TPSA) is 0 Å². The van der Waals surface area contributed by atoms with Crippen LogP contribution in [0.15, 0.2) is 42.5 Å². The molecule has 0 spiro atoms. The number of hydrogen-bond donors (Lipinski definition) is 0. The summed E-state index contributed by atoms with van der Waals surface area (Å²) in [6.45, 7) is 4.37. The second kappa shape index (κ2) is 8.80. The number of allylic oxidation sites excluding steroid dienone is 2. The highest BCUT2D eigenvalue weighted by molar-refractivity contribution is 5.84. The van der Waals surface area contributed by atoms with E-state index in [4.69, 9.17) is 0 Å². The Morgan fingerprint density at radius 2 is 1.79 bits per heavy atom. The van der Waals surface area contributed by atoms with Gasteiger partial charge in [-0.25, -0.2) is 4.39 Å². The van der Waals surface area contributed by atoms with Crippen molar-refractivity contribution in [2.24, 2.45) is 17.8 Å². The van der Waals surface area contributed by atoms with Crippen molar-refractivity contribution in [1.82, 2.24) is 0 Å². The first-order chi connectivity index (χ1) is 13.7. The zero-order valence-electron chi connectivity index (χ0n) is 17.6. The van der Waals surface area contributed by atoms with E-state index < -0.39 is 0 Å². The smallest absolute Gasteiger partial charge is 0.127 e. The number of rotatable bonds is 5. The molecule has 2 unspecified atom stereocenters. The molecule has 28 heavy (non-hydrogen) atoms. The average molecular weight is 379 g/mol. The number of benzene rings is 2. The van der Waals surface area contributed by atoms with Gasteiger partial charge in [-0.3, -0.25) is 0 Å². The van der Waals surface area contributed by atoms with Crippen molar-refractivity contribution in [1.29, 1.82) is 0 Å². The van der Waals surface area contributed by atoms with E-state index >= 15 is 0 Å². The summed E-state index contributed by atoms with van der Waals surface area (Å²) in [5.41, 5.74) is 2.27. The summed E-state index contributed by atoms with van der Waals surface area (Å²) in [5, 5.41) is 2.25. The fourth-order valence-corrected chi connectivity index (χ4v) is 5.85. The van der Waals surface area contributed by atoms with Crippen LogP contribution in [0.2, 0.25) is 0 Å². The average Bonchev–Trinajstić information content (AvgIpc) is 2.73. The normalized spacial score (nSPS) is 28.0. The van der Waals surface area contributed by atoms with Crippen LogP contribution in [0.25, 0.3) is 10.8 Å². The van der Waals surface area contributed by atoms with Crippen LogP contribution in [0.4, 0.5) is 4.39 Å². The third-order valence-corrected chi connectivity index (χ3v) is 7.62. The predicted molar refractivity (Wildman–Crippen MR) is 118 cm³/mol. The summed E-state index contributed by atoms with van der Waals surface area (Å²) in [6, 6.07) is 10.6. The molecule has 2 fully saturated rings. The van der Waals surface area contributed by atoms with Crippen LogP contribution >= 0.6 is 0 Å². The fraction of sp³-hybridized carbons (Fsp3) is 0.556. The molecule has 0 heterocycles. The van der Waals surface area contributed by atoms with Crippen LogP contribution in [0.1, 0.15) is 82.3 Å². The lowest BCUT2D eigenvalue weighted by Gasteiger charge is -2.42. The van der Waals surface area contributed by atoms with E-state index in [1.807, 2.05) is 13.0 Å². The molecule has 0 amide bonds. The Labute approximate surface area is 170 Å². The minimum atomic E-state index is -0.0456. The molecule has 0 N–H and O–H groups in total. The first kappa shape index (κ1) is 19.7. The van der Waals surface area contributed by atoms with Crippen molar-refractivity contribution < 1.29 is 4.39 Å². The van der Waals surface area contributed by atoms with Crippen LogP contribution in [0, 0.1) is 23.6 Å². The van der Waals surface area contributed by atoms with Crippen LogP contribution in [0.3, 0.4) is 0 Å². The van der Waals surface area contributed by atoms with Gasteiger partial charge in [0.25, 0.3) is 0 Å². The van der Waals surface area contributed by atoms with Gasteiger partial charge in [0.1, 0.15) is 5.82 Å². The minimum Gasteiger partial charge on any atom is -0.207 e. The molecule has 2 saturated carbocycles. The minimum absolute atomic E-state index is 0.0456. The Kier molecular flexibility index (Phi) is 6.19. The van der Waals surface area contributed by atoms with Gasteiger partial charge >= 0.3 is 0 Å². The van der Waals surface area contributed by atoms with E-state index in [-0.39, 0.29) is 5.82 Å². The molecule has 0 aliphatic heterocycles. The van der Waals surface area contributed by atoms with Gasteiger partial charge in [-0.2, -0.15) is 0 Å². The summed E-state index contributed by atoms with van der Waals surface area (Å²) in [6.07, 6.45) is 15.6. The lowest BCUT2D eigenvalue weighted by atomic mass is 9.63. The maximum atomic E-state index is 14.6. The molecule has 0 radical (unpaired) electrons. The largest absolute Gasteiger partial charge is 0.207 e. The molecule has 150 valence electrons. The predicted octanol–water partition coefficient (Wildman–Crippen LogP) is 8.20. The Morgan fingerprint density at radius 1 is 0.964 bits per heavy atom. The standard InChI is InChI=1S/C27H35F/c1-3-5-6-7-25-16-24-13-12-23(17-26(24)18-27(25)28)22-11-10-20-14-19(4-2)8-9-21(20)15-22/h3,5,12-13,16-22H,4,6-11,14-15H2,1-2H3/b5-3+/t19?,20-,21?,22-/m1/s1. The van der Waals surface area contributed by atoms with Crippen LogP contribution in [-0.2, 0) is 6.42 Å². The molecule has 2 aromatic carbocycles. The number of fused-ring (bicyclic) bond motifs is 2. The monoisotopic (exact) mass is 378 g/mol. The first-order valence-electron chi connectivity index (χ1n) is 11.5. The first-order valence-corrected chi connectivity index (χ1v) is 11.5. The molecule has 0 nitrogen and oxygen atoms in total. The molecule has 2 aromatic rings. The van der Waals surface area contributed by atoms with Gasteiger partial charge in [0.2, 0.25) is 0 Å². The summed E-state index contributed by atoms with van der Waals surface area (Å²) < 4.78 is 14.6. The van der Waals surface area contributed by atoms with E-state index in [0.29, 0.717) is 5.92 Å². The van der Waals surface area contributed by atoms with Crippen molar-refractivity contribution in [3.63, 3.8) is 0 Å². The second-order valence-electron chi connectivity index (χ2n) is 9.28. The lowest BCUT2D eigenvalue weighted by Crippen LogP contribution is -2.30. The molecule has 1 heteroatoms. The Bertz CT molecular complexity index is 834. The molecule has 4 rings (SSSR count). The van der Waals surface area contributed by atoms with Crippen molar-refractivity contribution in [2.45, 2.75) is 77.6 Å². The van der Waals surface area contributed by atoms with Gasteiger partial charge < -0.3 is 0 Å². The maximum Gasteiger partial charge on any atom is 0.127 e. The zero-order chi connectivity index (χ0) is 19.5. The second-order valence-corrected chi connectivity index (χ2v) is 9.28. The van der Waals surface area contributed by atoms with Crippen LogP contribution < -0.4 is 0 Å². The highest BCUT2D eigenvalue weighted by Crippen LogP contribution is 2.48. The van der Waals surface area contributed by atoms with Crippen molar-refractivity contribution in [3.05, 3.63) is 59.4 Å². The van der Waals surface area contributed by atoms with Gasteiger partial charge in [-0.1, -0.05) is 50.1 Å². The molecule has 0 aromatic heterocycles. The molecule has 2 aliphatic carbocycles. The van der Waals surface area contributed by atoms with Crippen molar-refractivity contribution >= 4 is 10.8 Å². The van der Waals surface area contributed by atoms with Gasteiger partial charge in [-0.15, -0.1) is 0 Å². The molecular formula is C27H35F. The van der Waals surface area contributed by atoms with Crippen molar-refractivity contribution in [3.8, 4) is 0 Å². The lowest BCUT2D eigenvalue weighted by molar-refractivity contribution is 0.116. The fourth-order valence-electron chi connectivity index (χ4n) is 5.85. The molecule has 2 aliphatic rings. The highest BCUT2D eigenvalue weighted by Gasteiger charge is 2.35. The summed E-state index contributed by atoms with van der Waals surface area (Å²) in [7, 11) is 0. The molecule has 0 bridgehead atoms. The number of hydrogen-bond acceptors (Lipinski definition) is 0. The third kappa shape index (κ3) is 4.19. The maximum absolute atomic E-state index is 14.6. The van der Waals surface area contributed by atoms with E-state index in [2.05, 4.69) is 37.3 Å². The van der Waals surface area contributed by atoms with Crippen LogP contribution in [0.5, 0.6) is 0 Å². The quantitative estimate of drug-likeness (QED) is 0.460. The Hall–Kier alpha value is -1.63. The Balaban J connectivity index is 1.50. The summed E-state index contributed by atoms with van der Waals surface area (Å²) in [4.78, 5) is 0. The number of halogens is 1. The highest BCUT2D eigenvalue weighted by atomic mass is 19.1. The van der Waals surface area contributed by atoms with E-state index in [1.54, 1.807) is 6.07 Å². The number of aryl methyl sites for hydroxylation is 1. The molecule has 0 saturated heterocycles. The molecule has 4 atom stereocenters. The van der Waals surface area contributed by atoms with Gasteiger partial charge in [0, 0.05) is 0 Å². The summed E-state index contributed by atoms with van der Waals surface area (Å²) >= 11 is 0. The van der Waals surface area contributed by atoms with Gasteiger partial charge in [0.05, 0.1) is 0 Å². The van der Waals surface area contributed by atoms with Gasteiger partial charge in [-0.05, 0) is 110 Å². The molecular weight excluding hydrogens is 343 g/mol. The third-order valence-electron chi connectivity index (χ3n) is 7.62. The SMILES string of the molecule is C/C=C/CCc1cc2ccc([C@@H]3CC[C@@H]4CC(CC)CCC4C3)cc2cc1F. The van der Waals surface area contributed by atoms with E-state index in [9.17, 15) is 4.39 Å². The van der Waals surface area contributed by atoms with E-state index in [0.717, 1.165) is 41.5 Å².